The average Bonchev–Trinajstić information content (AvgIpc) is 2.41. The molecule has 20 heavy (non-hydrogen) atoms. The van der Waals surface area contributed by atoms with E-state index in [0.717, 1.165) is 0 Å². The highest BCUT2D eigenvalue weighted by Crippen LogP contribution is 2.27. The average molecular weight is 341 g/mol. The van der Waals surface area contributed by atoms with E-state index in [2.05, 4.69) is 21.2 Å². The predicted octanol–water partition coefficient (Wildman–Crippen LogP) is 3.81. The fourth-order valence-corrected chi connectivity index (χ4v) is 2.01. The molecule has 0 aliphatic rings. The first kappa shape index (κ1) is 14.3. The molecule has 0 amide bonds. The molecule has 0 saturated heterocycles. The summed E-state index contributed by atoms with van der Waals surface area (Å²) < 4.78 is 13.8. The van der Waals surface area contributed by atoms with Crippen LogP contribution in [0.15, 0.2) is 40.9 Å². The Bertz CT molecular complexity index is 664. The van der Waals surface area contributed by atoms with E-state index in [1.807, 2.05) is 0 Å². The number of phenolic OH excluding ortho intramolecular Hbond substituents is 1. The van der Waals surface area contributed by atoms with Crippen LogP contribution in [-0.4, -0.2) is 10.0 Å². The lowest BCUT2D eigenvalue weighted by atomic mass is 10.2. The Morgan fingerprint density at radius 1 is 1.30 bits per heavy atom. The highest BCUT2D eigenvalue weighted by atomic mass is 79.9. The Balaban J connectivity index is 2.15. The molecule has 7 heteroatoms. The van der Waals surface area contributed by atoms with E-state index in [9.17, 15) is 14.5 Å². The van der Waals surface area contributed by atoms with E-state index in [0.29, 0.717) is 15.7 Å². The minimum absolute atomic E-state index is 0.0346. The number of nitrogens with zero attached hydrogens (tertiary/aromatic N) is 1. The molecule has 0 aliphatic heterocycles. The maximum Gasteiger partial charge on any atom is 0.271 e. The molecule has 0 bridgehead atoms. The summed E-state index contributed by atoms with van der Waals surface area (Å²) >= 11 is 3.28. The van der Waals surface area contributed by atoms with Crippen LogP contribution >= 0.6 is 15.9 Å². The number of hydrogen-bond donors (Lipinski definition) is 2. The number of aromatic hydroxyl groups is 1. The predicted molar refractivity (Wildman–Crippen MR) is 76.2 cm³/mol. The molecule has 0 saturated carbocycles. The first-order valence-electron chi connectivity index (χ1n) is 5.62. The van der Waals surface area contributed by atoms with Crippen LogP contribution in [0.25, 0.3) is 0 Å². The first-order valence-corrected chi connectivity index (χ1v) is 6.42. The summed E-state index contributed by atoms with van der Waals surface area (Å²) in [5.41, 5.74) is 1.11. The number of nitro benzene ring substituents is 1. The van der Waals surface area contributed by atoms with Crippen molar-refractivity contribution in [1.82, 2.24) is 0 Å². The van der Waals surface area contributed by atoms with Crippen LogP contribution in [0.1, 0.15) is 5.56 Å². The van der Waals surface area contributed by atoms with Gasteiger partial charge in [0.1, 0.15) is 0 Å². The zero-order valence-electron chi connectivity index (χ0n) is 10.1. The molecule has 2 aromatic carbocycles. The molecule has 104 valence electrons. The molecule has 2 rings (SSSR count). The first-order chi connectivity index (χ1) is 9.47. The van der Waals surface area contributed by atoms with E-state index in [1.54, 1.807) is 12.1 Å². The van der Waals surface area contributed by atoms with Gasteiger partial charge in [0.15, 0.2) is 11.6 Å². The SMILES string of the molecule is O=[N+]([O-])c1ccc(Br)c(NCc2ccc(O)c(F)c2)c1. The van der Waals surface area contributed by atoms with Gasteiger partial charge < -0.3 is 10.4 Å². The number of nitro groups is 1. The van der Waals surface area contributed by atoms with Crippen molar-refractivity contribution < 1.29 is 14.4 Å². The smallest absolute Gasteiger partial charge is 0.271 e. The third kappa shape index (κ3) is 3.24. The van der Waals surface area contributed by atoms with Crippen LogP contribution in [0.2, 0.25) is 0 Å². The second-order valence-corrected chi connectivity index (χ2v) is 4.91. The lowest BCUT2D eigenvalue weighted by Gasteiger charge is -2.09. The molecule has 0 aliphatic carbocycles. The molecule has 0 heterocycles. The molecular formula is C13H10BrFN2O3. The number of anilines is 1. The van der Waals surface area contributed by atoms with E-state index in [1.165, 1.54) is 24.3 Å². The lowest BCUT2D eigenvalue weighted by Crippen LogP contribution is -2.01. The number of halogens is 2. The molecule has 0 unspecified atom stereocenters. The molecule has 5 nitrogen and oxygen atoms in total. The van der Waals surface area contributed by atoms with E-state index < -0.39 is 16.5 Å². The molecule has 0 atom stereocenters. The van der Waals surface area contributed by atoms with Gasteiger partial charge in [0.2, 0.25) is 0 Å². The highest BCUT2D eigenvalue weighted by Gasteiger charge is 2.09. The zero-order chi connectivity index (χ0) is 14.7. The lowest BCUT2D eigenvalue weighted by molar-refractivity contribution is -0.384. The Kier molecular flexibility index (Phi) is 4.19. The van der Waals surface area contributed by atoms with Gasteiger partial charge in [0.05, 0.1) is 10.6 Å². The fraction of sp³-hybridized carbons (Fsp3) is 0.0769. The van der Waals surface area contributed by atoms with Crippen LogP contribution < -0.4 is 5.32 Å². The van der Waals surface area contributed by atoms with Gasteiger partial charge in [0.25, 0.3) is 5.69 Å². The minimum atomic E-state index is -0.706. The summed E-state index contributed by atoms with van der Waals surface area (Å²) in [5, 5.41) is 22.8. The summed E-state index contributed by atoms with van der Waals surface area (Å²) in [4.78, 5) is 10.2. The Hall–Kier alpha value is -2.15. The molecular weight excluding hydrogens is 331 g/mol. The molecule has 0 fully saturated rings. The largest absolute Gasteiger partial charge is 0.505 e. The third-order valence-corrected chi connectivity index (χ3v) is 3.35. The van der Waals surface area contributed by atoms with Gasteiger partial charge in [-0.1, -0.05) is 6.07 Å². The van der Waals surface area contributed by atoms with Crippen LogP contribution in [-0.2, 0) is 6.54 Å². The van der Waals surface area contributed by atoms with Crippen molar-refractivity contribution in [3.05, 3.63) is 62.4 Å². The molecule has 0 aromatic heterocycles. The Morgan fingerprint density at radius 2 is 2.05 bits per heavy atom. The summed E-state index contributed by atoms with van der Waals surface area (Å²) in [6.45, 7) is 0.275. The van der Waals surface area contributed by atoms with E-state index in [-0.39, 0.29) is 12.2 Å². The molecule has 0 radical (unpaired) electrons. The van der Waals surface area contributed by atoms with Gasteiger partial charge in [-0.05, 0) is 39.7 Å². The third-order valence-electron chi connectivity index (χ3n) is 2.66. The van der Waals surface area contributed by atoms with Crippen molar-refractivity contribution >= 4 is 27.3 Å². The zero-order valence-corrected chi connectivity index (χ0v) is 11.7. The summed E-state index contributed by atoms with van der Waals surface area (Å²) in [6.07, 6.45) is 0. The quantitative estimate of drug-likeness (QED) is 0.655. The van der Waals surface area contributed by atoms with Crippen LogP contribution in [0, 0.1) is 15.9 Å². The summed E-state index contributed by atoms with van der Waals surface area (Å²) in [7, 11) is 0. The number of phenols is 1. The van der Waals surface area contributed by atoms with Gasteiger partial charge >= 0.3 is 0 Å². The Morgan fingerprint density at radius 3 is 2.70 bits per heavy atom. The second-order valence-electron chi connectivity index (χ2n) is 4.06. The van der Waals surface area contributed by atoms with Crippen LogP contribution in [0.3, 0.4) is 0 Å². The summed E-state index contributed by atoms with van der Waals surface area (Å²) in [5.74, 6) is -1.12. The van der Waals surface area contributed by atoms with Gasteiger partial charge in [-0.15, -0.1) is 0 Å². The van der Waals surface area contributed by atoms with E-state index in [4.69, 9.17) is 5.11 Å². The van der Waals surface area contributed by atoms with Crippen molar-refractivity contribution in [2.75, 3.05) is 5.32 Å². The molecule has 2 N–H and O–H groups in total. The van der Waals surface area contributed by atoms with Crippen molar-refractivity contribution in [2.24, 2.45) is 0 Å². The number of benzene rings is 2. The highest BCUT2D eigenvalue weighted by molar-refractivity contribution is 9.10. The van der Waals surface area contributed by atoms with E-state index >= 15 is 0 Å². The fourth-order valence-electron chi connectivity index (χ4n) is 1.62. The maximum atomic E-state index is 13.2. The molecule has 2 aromatic rings. The number of nitrogens with one attached hydrogen (secondary N) is 1. The second kappa shape index (κ2) is 5.87. The normalized spacial score (nSPS) is 10.3. The van der Waals surface area contributed by atoms with Crippen molar-refractivity contribution in [1.29, 1.82) is 0 Å². The topological polar surface area (TPSA) is 75.4 Å². The Labute approximate surface area is 122 Å². The minimum Gasteiger partial charge on any atom is -0.505 e. The van der Waals surface area contributed by atoms with Gasteiger partial charge in [-0.2, -0.15) is 0 Å². The van der Waals surface area contributed by atoms with Crippen molar-refractivity contribution in [2.45, 2.75) is 6.54 Å². The van der Waals surface area contributed by atoms with Gasteiger partial charge in [-0.3, -0.25) is 10.1 Å². The number of rotatable bonds is 4. The molecule has 0 spiro atoms. The van der Waals surface area contributed by atoms with Crippen LogP contribution in [0.4, 0.5) is 15.8 Å². The maximum absolute atomic E-state index is 13.2. The van der Waals surface area contributed by atoms with Crippen LogP contribution in [0.5, 0.6) is 5.75 Å². The van der Waals surface area contributed by atoms with Crippen molar-refractivity contribution in [3.8, 4) is 5.75 Å². The number of non-ortho nitro benzene ring substituents is 1. The summed E-state index contributed by atoms with van der Waals surface area (Å²) in [6, 6.07) is 8.37. The van der Waals surface area contributed by atoms with Gasteiger partial charge in [-0.25, -0.2) is 4.39 Å². The standard InChI is InChI=1S/C13H10BrFN2O3/c14-10-3-2-9(17(19)20)6-12(10)16-7-8-1-4-13(18)11(15)5-8/h1-6,16,18H,7H2. The monoisotopic (exact) mass is 340 g/mol. The number of hydrogen-bond acceptors (Lipinski definition) is 4. The van der Waals surface area contributed by atoms with Crippen molar-refractivity contribution in [3.63, 3.8) is 0 Å². The van der Waals surface area contributed by atoms with Gasteiger partial charge in [0, 0.05) is 23.2 Å².